The maximum absolute atomic E-state index is 11.7. The van der Waals surface area contributed by atoms with Crippen LogP contribution in [0.1, 0.15) is 4.88 Å². The van der Waals surface area contributed by atoms with Gasteiger partial charge in [-0.3, -0.25) is 0 Å². The summed E-state index contributed by atoms with van der Waals surface area (Å²) in [6, 6.07) is 1.45. The number of rotatable bonds is 4. The van der Waals surface area contributed by atoms with Gasteiger partial charge in [0.25, 0.3) is 10.0 Å². The zero-order valence-corrected chi connectivity index (χ0v) is 11.4. The maximum Gasteiger partial charge on any atom is 0.255 e. The Balaban J connectivity index is 3.09. The van der Waals surface area contributed by atoms with Crippen LogP contribution in [0.2, 0.25) is 0 Å². The third-order valence-electron chi connectivity index (χ3n) is 1.45. The summed E-state index contributed by atoms with van der Waals surface area (Å²) in [5.74, 6) is 0. The Labute approximate surface area is 101 Å². The quantitative estimate of drug-likeness (QED) is 0.805. The van der Waals surface area contributed by atoms with E-state index in [9.17, 15) is 8.42 Å². The van der Waals surface area contributed by atoms with E-state index in [-0.39, 0.29) is 11.5 Å². The molecule has 0 aliphatic carbocycles. The molecule has 0 aromatic carbocycles. The van der Waals surface area contributed by atoms with Crippen LogP contribution in [0.25, 0.3) is 0 Å². The molecule has 2 N–H and O–H groups in total. The lowest BCUT2D eigenvalue weighted by atomic mass is 10.5. The Morgan fingerprint density at radius 3 is 2.60 bits per heavy atom. The molecule has 8 heteroatoms. The molecule has 0 amide bonds. The molecule has 0 bridgehead atoms. The number of hydrazine groups is 1. The average molecular weight is 315 g/mol. The summed E-state index contributed by atoms with van der Waals surface area (Å²) in [5, 5.41) is 10.2. The van der Waals surface area contributed by atoms with Crippen LogP contribution in [-0.2, 0) is 16.6 Å². The van der Waals surface area contributed by atoms with Crippen LogP contribution in [0, 0.1) is 0 Å². The summed E-state index contributed by atoms with van der Waals surface area (Å²) in [6.45, 7) is -0.166. The van der Waals surface area contributed by atoms with Gasteiger partial charge >= 0.3 is 0 Å². The van der Waals surface area contributed by atoms with Crippen molar-refractivity contribution >= 4 is 37.3 Å². The third-order valence-corrected chi connectivity index (χ3v) is 5.17. The van der Waals surface area contributed by atoms with E-state index in [0.29, 0.717) is 8.66 Å². The average Bonchev–Trinajstić information content (AvgIpc) is 2.45. The van der Waals surface area contributed by atoms with Gasteiger partial charge in [-0.25, -0.2) is 13.4 Å². The number of nitrogens with one attached hydrogen (secondary N) is 1. The first kappa shape index (κ1) is 13.1. The van der Waals surface area contributed by atoms with Crippen LogP contribution >= 0.6 is 27.3 Å². The maximum atomic E-state index is 11.7. The minimum Gasteiger partial charge on any atom is -0.391 e. The van der Waals surface area contributed by atoms with Gasteiger partial charge in [-0.2, -0.15) is 0 Å². The number of aliphatic hydroxyl groups excluding tert-OH is 1. The van der Waals surface area contributed by atoms with Gasteiger partial charge in [0.2, 0.25) is 0 Å². The van der Waals surface area contributed by atoms with Crippen molar-refractivity contribution in [2.75, 3.05) is 14.1 Å². The van der Waals surface area contributed by atoms with Crippen LogP contribution in [0.4, 0.5) is 0 Å². The molecule has 86 valence electrons. The number of nitrogens with zero attached hydrogens (tertiary/aromatic N) is 1. The SMILES string of the molecule is CN(C)NS(=O)(=O)c1cc(CO)sc1Br. The highest BCUT2D eigenvalue weighted by Crippen LogP contribution is 2.31. The molecule has 5 nitrogen and oxygen atoms in total. The molecular formula is C7H11BrN2O3S2. The van der Waals surface area contributed by atoms with E-state index < -0.39 is 10.0 Å². The summed E-state index contributed by atoms with van der Waals surface area (Å²) in [7, 11) is -0.375. The first-order valence-corrected chi connectivity index (χ1v) is 7.05. The van der Waals surface area contributed by atoms with Crippen molar-refractivity contribution in [3.05, 3.63) is 14.7 Å². The largest absolute Gasteiger partial charge is 0.391 e. The monoisotopic (exact) mass is 314 g/mol. The molecule has 0 aliphatic rings. The zero-order chi connectivity index (χ0) is 11.6. The molecule has 0 saturated carbocycles. The standard InChI is InChI=1S/C7H11BrN2O3S2/c1-10(2)9-15(12,13)6-3-5(4-11)14-7(6)8/h3,9,11H,4H2,1-2H3. The molecule has 0 spiro atoms. The van der Waals surface area contributed by atoms with Crippen molar-refractivity contribution in [2.45, 2.75) is 11.5 Å². The first-order valence-electron chi connectivity index (χ1n) is 3.95. The number of hydrogen-bond donors (Lipinski definition) is 2. The lowest BCUT2D eigenvalue weighted by Crippen LogP contribution is -2.36. The van der Waals surface area contributed by atoms with Gasteiger partial charge < -0.3 is 5.11 Å². The molecule has 0 aliphatic heterocycles. The molecule has 15 heavy (non-hydrogen) atoms. The molecule has 0 radical (unpaired) electrons. The molecular weight excluding hydrogens is 304 g/mol. The van der Waals surface area contributed by atoms with Crippen molar-refractivity contribution < 1.29 is 13.5 Å². The van der Waals surface area contributed by atoms with E-state index in [1.807, 2.05) is 0 Å². The molecule has 1 aromatic heterocycles. The Hall–Kier alpha value is 0.01000. The second-order valence-electron chi connectivity index (χ2n) is 3.00. The normalized spacial score (nSPS) is 12.3. The van der Waals surface area contributed by atoms with Crippen LogP contribution < -0.4 is 4.83 Å². The third kappa shape index (κ3) is 3.23. The van der Waals surface area contributed by atoms with Crippen molar-refractivity contribution in [3.63, 3.8) is 0 Å². The number of thiophene rings is 1. The molecule has 1 heterocycles. The fourth-order valence-corrected chi connectivity index (χ4v) is 4.57. The Morgan fingerprint density at radius 2 is 2.20 bits per heavy atom. The molecule has 0 unspecified atom stereocenters. The minimum atomic E-state index is -3.55. The molecule has 1 aromatic rings. The Kier molecular flexibility index (Phi) is 4.27. The molecule has 0 atom stereocenters. The summed E-state index contributed by atoms with van der Waals surface area (Å²) >= 11 is 4.35. The summed E-state index contributed by atoms with van der Waals surface area (Å²) < 4.78 is 24.0. The van der Waals surface area contributed by atoms with Crippen molar-refractivity contribution in [3.8, 4) is 0 Å². The van der Waals surface area contributed by atoms with Gasteiger partial charge in [-0.05, 0) is 22.0 Å². The summed E-state index contributed by atoms with van der Waals surface area (Å²) in [4.78, 5) is 3.06. The van der Waals surface area contributed by atoms with Gasteiger partial charge in [-0.1, -0.05) is 0 Å². The van der Waals surface area contributed by atoms with E-state index in [0.717, 1.165) is 0 Å². The van der Waals surface area contributed by atoms with E-state index in [2.05, 4.69) is 20.8 Å². The predicted molar refractivity (Wildman–Crippen MR) is 62.0 cm³/mol. The fraction of sp³-hybridized carbons (Fsp3) is 0.429. The highest BCUT2D eigenvalue weighted by Gasteiger charge is 2.21. The predicted octanol–water partition coefficient (Wildman–Crippen LogP) is 0.758. The summed E-state index contributed by atoms with van der Waals surface area (Å²) in [6.07, 6.45) is 0. The van der Waals surface area contributed by atoms with Gasteiger partial charge in [0.05, 0.1) is 10.4 Å². The zero-order valence-electron chi connectivity index (χ0n) is 8.19. The number of aliphatic hydroxyl groups is 1. The molecule has 1 rings (SSSR count). The van der Waals surface area contributed by atoms with Gasteiger partial charge in [0.1, 0.15) is 4.90 Å². The van der Waals surface area contributed by atoms with Crippen LogP contribution in [-0.4, -0.2) is 32.6 Å². The fourth-order valence-electron chi connectivity index (χ4n) is 0.948. The Bertz CT molecular complexity index is 441. The highest BCUT2D eigenvalue weighted by molar-refractivity contribution is 9.11. The minimum absolute atomic E-state index is 0.144. The number of sulfonamides is 1. The van der Waals surface area contributed by atoms with Crippen LogP contribution in [0.5, 0.6) is 0 Å². The molecule has 0 fully saturated rings. The Morgan fingerprint density at radius 1 is 1.60 bits per heavy atom. The summed E-state index contributed by atoms with van der Waals surface area (Å²) in [5.41, 5.74) is 0. The van der Waals surface area contributed by atoms with E-state index in [4.69, 9.17) is 5.11 Å². The van der Waals surface area contributed by atoms with Crippen LogP contribution in [0.3, 0.4) is 0 Å². The van der Waals surface area contributed by atoms with E-state index >= 15 is 0 Å². The van der Waals surface area contributed by atoms with Crippen molar-refractivity contribution in [2.24, 2.45) is 0 Å². The van der Waals surface area contributed by atoms with Crippen molar-refractivity contribution in [1.82, 2.24) is 9.84 Å². The van der Waals surface area contributed by atoms with Gasteiger partial charge in [0, 0.05) is 19.0 Å². The second kappa shape index (κ2) is 4.89. The number of halogens is 1. The lowest BCUT2D eigenvalue weighted by molar-refractivity contribution is 0.285. The van der Waals surface area contributed by atoms with E-state index in [1.54, 1.807) is 14.1 Å². The first-order chi connectivity index (χ1) is 6.86. The number of hydrogen-bond acceptors (Lipinski definition) is 5. The molecule has 0 saturated heterocycles. The highest BCUT2D eigenvalue weighted by atomic mass is 79.9. The van der Waals surface area contributed by atoms with Crippen molar-refractivity contribution in [1.29, 1.82) is 0 Å². The van der Waals surface area contributed by atoms with Crippen LogP contribution in [0.15, 0.2) is 14.7 Å². The second-order valence-corrected chi connectivity index (χ2v) is 7.08. The van der Waals surface area contributed by atoms with Gasteiger partial charge in [0.15, 0.2) is 0 Å². The van der Waals surface area contributed by atoms with E-state index in [1.165, 1.54) is 22.4 Å². The lowest BCUT2D eigenvalue weighted by Gasteiger charge is -2.11. The topological polar surface area (TPSA) is 69.6 Å². The van der Waals surface area contributed by atoms with Gasteiger partial charge in [-0.15, -0.1) is 16.2 Å². The smallest absolute Gasteiger partial charge is 0.255 e.